The zero-order valence-electron chi connectivity index (χ0n) is 9.27. The van der Waals surface area contributed by atoms with E-state index in [2.05, 4.69) is 0 Å². The maximum Gasteiger partial charge on any atom is 0.194 e. The Balaban J connectivity index is 2.64. The topological polar surface area (TPSA) is 26.0 Å². The molecule has 0 heterocycles. The first-order valence-electron chi connectivity index (χ1n) is 5.44. The first kappa shape index (κ1) is 13.0. The highest BCUT2D eigenvalue weighted by Crippen LogP contribution is 2.17. The van der Waals surface area contributed by atoms with Crippen molar-refractivity contribution in [2.45, 2.75) is 38.6 Å². The van der Waals surface area contributed by atoms with Crippen LogP contribution in [0.15, 0.2) is 12.1 Å². The number of benzene rings is 1. The van der Waals surface area contributed by atoms with E-state index in [4.69, 9.17) is 5.73 Å². The second-order valence-corrected chi connectivity index (χ2v) is 3.92. The minimum absolute atomic E-state index is 0.0162. The summed E-state index contributed by atoms with van der Waals surface area (Å²) in [5.41, 5.74) is 5.95. The van der Waals surface area contributed by atoms with Gasteiger partial charge in [-0.25, -0.2) is 13.2 Å². The summed E-state index contributed by atoms with van der Waals surface area (Å²) in [7, 11) is 0. The van der Waals surface area contributed by atoms with Crippen molar-refractivity contribution < 1.29 is 13.2 Å². The van der Waals surface area contributed by atoms with Crippen LogP contribution in [-0.2, 0) is 6.42 Å². The van der Waals surface area contributed by atoms with E-state index in [1.165, 1.54) is 6.07 Å². The van der Waals surface area contributed by atoms with Crippen molar-refractivity contribution >= 4 is 0 Å². The van der Waals surface area contributed by atoms with Gasteiger partial charge in [0.1, 0.15) is 0 Å². The van der Waals surface area contributed by atoms with Crippen molar-refractivity contribution in [1.29, 1.82) is 0 Å². The third kappa shape index (κ3) is 3.23. The molecule has 16 heavy (non-hydrogen) atoms. The smallest absolute Gasteiger partial charge is 0.194 e. The van der Waals surface area contributed by atoms with Gasteiger partial charge in [-0.2, -0.15) is 0 Å². The summed E-state index contributed by atoms with van der Waals surface area (Å²) >= 11 is 0. The number of aryl methyl sites for hydroxylation is 1. The van der Waals surface area contributed by atoms with Gasteiger partial charge in [-0.15, -0.1) is 0 Å². The molecule has 0 amide bonds. The third-order valence-corrected chi connectivity index (χ3v) is 2.56. The number of hydrogen-bond acceptors (Lipinski definition) is 1. The van der Waals surface area contributed by atoms with Gasteiger partial charge < -0.3 is 5.73 Å². The summed E-state index contributed by atoms with van der Waals surface area (Å²) < 4.78 is 38.8. The Morgan fingerprint density at radius 1 is 1.12 bits per heavy atom. The van der Waals surface area contributed by atoms with Gasteiger partial charge in [-0.1, -0.05) is 19.4 Å². The molecule has 1 unspecified atom stereocenters. The minimum atomic E-state index is -1.40. The van der Waals surface area contributed by atoms with Crippen molar-refractivity contribution in [3.63, 3.8) is 0 Å². The van der Waals surface area contributed by atoms with E-state index in [1.54, 1.807) is 0 Å². The lowest BCUT2D eigenvalue weighted by Crippen LogP contribution is -2.20. The Bertz CT molecular complexity index is 352. The van der Waals surface area contributed by atoms with Crippen LogP contribution in [0.4, 0.5) is 13.2 Å². The molecule has 0 aromatic heterocycles. The molecule has 2 N–H and O–H groups in total. The molecule has 1 rings (SSSR count). The lowest BCUT2D eigenvalue weighted by Gasteiger charge is -2.10. The van der Waals surface area contributed by atoms with Gasteiger partial charge in [-0.3, -0.25) is 0 Å². The highest BCUT2D eigenvalue weighted by atomic mass is 19.2. The predicted molar refractivity (Wildman–Crippen MR) is 57.5 cm³/mol. The van der Waals surface area contributed by atoms with Gasteiger partial charge in [0.05, 0.1) is 0 Å². The van der Waals surface area contributed by atoms with Crippen molar-refractivity contribution in [3.8, 4) is 0 Å². The highest BCUT2D eigenvalue weighted by molar-refractivity contribution is 5.20. The van der Waals surface area contributed by atoms with E-state index in [1.807, 2.05) is 6.92 Å². The second-order valence-electron chi connectivity index (χ2n) is 3.92. The van der Waals surface area contributed by atoms with Crippen LogP contribution < -0.4 is 5.73 Å². The summed E-state index contributed by atoms with van der Waals surface area (Å²) in [5.74, 6) is -3.65. The normalized spacial score (nSPS) is 12.8. The summed E-state index contributed by atoms with van der Waals surface area (Å²) in [6.07, 6.45) is 2.73. The van der Waals surface area contributed by atoms with E-state index >= 15 is 0 Å². The van der Waals surface area contributed by atoms with Crippen LogP contribution in [0.2, 0.25) is 0 Å². The highest BCUT2D eigenvalue weighted by Gasteiger charge is 2.13. The summed E-state index contributed by atoms with van der Waals surface area (Å²) in [6.45, 7) is 2.01. The standard InChI is InChI=1S/C12H16F3N/c1-2-3-9(16)6-4-8-5-7-10(13)12(15)11(8)14/h5,7,9H,2-4,6,16H2,1H3. The fourth-order valence-electron chi connectivity index (χ4n) is 1.61. The van der Waals surface area contributed by atoms with Crippen LogP contribution in [0.1, 0.15) is 31.7 Å². The Kier molecular flexibility index (Phi) is 4.80. The zero-order valence-corrected chi connectivity index (χ0v) is 9.27. The number of halogens is 3. The maximum absolute atomic E-state index is 13.2. The van der Waals surface area contributed by atoms with Gasteiger partial charge in [-0.05, 0) is 30.9 Å². The fraction of sp³-hybridized carbons (Fsp3) is 0.500. The van der Waals surface area contributed by atoms with Gasteiger partial charge >= 0.3 is 0 Å². The summed E-state index contributed by atoms with van der Waals surface area (Å²) in [5, 5.41) is 0. The van der Waals surface area contributed by atoms with E-state index < -0.39 is 17.5 Å². The van der Waals surface area contributed by atoms with E-state index in [0.29, 0.717) is 12.8 Å². The molecule has 0 fully saturated rings. The number of nitrogens with two attached hydrogens (primary N) is 1. The van der Waals surface area contributed by atoms with Crippen LogP contribution in [0, 0.1) is 17.5 Å². The Morgan fingerprint density at radius 2 is 1.81 bits per heavy atom. The molecular formula is C12H16F3N. The molecule has 90 valence electrons. The van der Waals surface area contributed by atoms with Crippen molar-refractivity contribution in [2.24, 2.45) is 5.73 Å². The van der Waals surface area contributed by atoms with Crippen molar-refractivity contribution in [1.82, 2.24) is 0 Å². The Labute approximate surface area is 93.5 Å². The van der Waals surface area contributed by atoms with Gasteiger partial charge in [0.25, 0.3) is 0 Å². The number of rotatable bonds is 5. The van der Waals surface area contributed by atoms with Crippen LogP contribution in [0.5, 0.6) is 0 Å². The molecule has 4 heteroatoms. The van der Waals surface area contributed by atoms with Crippen LogP contribution in [-0.4, -0.2) is 6.04 Å². The SMILES string of the molecule is CCCC(N)CCc1ccc(F)c(F)c1F. The molecule has 0 radical (unpaired) electrons. The largest absolute Gasteiger partial charge is 0.328 e. The van der Waals surface area contributed by atoms with Crippen LogP contribution in [0.3, 0.4) is 0 Å². The monoisotopic (exact) mass is 231 g/mol. The maximum atomic E-state index is 13.2. The molecule has 0 saturated heterocycles. The van der Waals surface area contributed by atoms with E-state index in [9.17, 15) is 13.2 Å². The summed E-state index contributed by atoms with van der Waals surface area (Å²) in [6, 6.07) is 2.20. The molecule has 0 aliphatic heterocycles. The van der Waals surface area contributed by atoms with Crippen LogP contribution in [0.25, 0.3) is 0 Å². The average Bonchev–Trinajstić information content (AvgIpc) is 2.25. The molecule has 0 bridgehead atoms. The average molecular weight is 231 g/mol. The van der Waals surface area contributed by atoms with Gasteiger partial charge in [0, 0.05) is 6.04 Å². The third-order valence-electron chi connectivity index (χ3n) is 2.56. The molecule has 1 nitrogen and oxygen atoms in total. The quantitative estimate of drug-likeness (QED) is 0.774. The first-order valence-corrected chi connectivity index (χ1v) is 5.44. The van der Waals surface area contributed by atoms with Crippen molar-refractivity contribution in [2.75, 3.05) is 0 Å². The van der Waals surface area contributed by atoms with E-state index in [-0.39, 0.29) is 11.6 Å². The first-order chi connectivity index (χ1) is 7.56. The molecule has 0 saturated carbocycles. The molecular weight excluding hydrogens is 215 g/mol. The van der Waals surface area contributed by atoms with Gasteiger partial charge in [0.15, 0.2) is 17.5 Å². The fourth-order valence-corrected chi connectivity index (χ4v) is 1.61. The molecule has 0 aliphatic rings. The zero-order chi connectivity index (χ0) is 12.1. The van der Waals surface area contributed by atoms with Crippen LogP contribution >= 0.6 is 0 Å². The Hall–Kier alpha value is -1.03. The lowest BCUT2D eigenvalue weighted by molar-refractivity contribution is 0.438. The van der Waals surface area contributed by atoms with E-state index in [0.717, 1.165) is 18.9 Å². The summed E-state index contributed by atoms with van der Waals surface area (Å²) in [4.78, 5) is 0. The Morgan fingerprint density at radius 3 is 2.44 bits per heavy atom. The lowest BCUT2D eigenvalue weighted by atomic mass is 10.0. The molecule has 1 atom stereocenters. The van der Waals surface area contributed by atoms with Crippen molar-refractivity contribution in [3.05, 3.63) is 35.1 Å². The van der Waals surface area contributed by atoms with Gasteiger partial charge in [0.2, 0.25) is 0 Å². The molecule has 1 aromatic carbocycles. The molecule has 0 aliphatic carbocycles. The second kappa shape index (κ2) is 5.89. The molecule has 1 aromatic rings. The molecule has 0 spiro atoms. The number of hydrogen-bond donors (Lipinski definition) is 1. The predicted octanol–water partition coefficient (Wildman–Crippen LogP) is 3.16. The minimum Gasteiger partial charge on any atom is -0.328 e.